The number of hydrogen-bond donors (Lipinski definition) is 1. The Labute approximate surface area is 195 Å². The van der Waals surface area contributed by atoms with Gasteiger partial charge in [0.25, 0.3) is 0 Å². The number of aryl methyl sites for hydroxylation is 3. The van der Waals surface area contributed by atoms with Crippen molar-refractivity contribution >= 4 is 17.3 Å². The standard InChI is InChI=1S/C25H26F3NO3S/c1-15(2)23-21(33-24(29-23)18-8-10-19(11-9-18)25(26,27)28)6-4-5-17-7-12-20(16(3)13-17)32-14-22(30)31/h7-13,15H,4-6,14H2,1-3H3,(H,30,31). The number of ether oxygens (including phenoxy) is 1. The molecule has 4 nitrogen and oxygen atoms in total. The molecular weight excluding hydrogens is 451 g/mol. The van der Waals surface area contributed by atoms with E-state index in [1.54, 1.807) is 6.07 Å². The van der Waals surface area contributed by atoms with E-state index in [9.17, 15) is 18.0 Å². The molecule has 0 spiro atoms. The molecule has 0 amide bonds. The van der Waals surface area contributed by atoms with E-state index in [2.05, 4.69) is 13.8 Å². The van der Waals surface area contributed by atoms with Crippen LogP contribution < -0.4 is 4.74 Å². The second-order valence-electron chi connectivity index (χ2n) is 8.19. The highest BCUT2D eigenvalue weighted by Gasteiger charge is 2.30. The Morgan fingerprint density at radius 2 is 1.82 bits per heavy atom. The number of halogens is 3. The summed E-state index contributed by atoms with van der Waals surface area (Å²) >= 11 is 1.54. The minimum absolute atomic E-state index is 0.215. The van der Waals surface area contributed by atoms with Gasteiger partial charge >= 0.3 is 12.1 Å². The summed E-state index contributed by atoms with van der Waals surface area (Å²) in [6.45, 7) is 5.64. The number of carboxylic acids is 1. The van der Waals surface area contributed by atoms with Crippen molar-refractivity contribution in [3.8, 4) is 16.3 Å². The first-order valence-corrected chi connectivity index (χ1v) is 11.5. The molecule has 0 bridgehead atoms. The van der Waals surface area contributed by atoms with Gasteiger partial charge in [-0.1, -0.05) is 38.1 Å². The van der Waals surface area contributed by atoms with Crippen LogP contribution in [0.15, 0.2) is 42.5 Å². The molecule has 3 rings (SSSR count). The van der Waals surface area contributed by atoms with E-state index in [0.29, 0.717) is 11.3 Å². The number of nitrogens with zero attached hydrogens (tertiary/aromatic N) is 1. The van der Waals surface area contributed by atoms with Gasteiger partial charge in [0.05, 0.1) is 11.3 Å². The van der Waals surface area contributed by atoms with Crippen molar-refractivity contribution in [1.29, 1.82) is 0 Å². The Kier molecular flexibility index (Phi) is 7.79. The van der Waals surface area contributed by atoms with Gasteiger partial charge in [0.15, 0.2) is 6.61 Å². The van der Waals surface area contributed by atoms with Gasteiger partial charge in [-0.15, -0.1) is 11.3 Å². The second kappa shape index (κ2) is 10.4. The quantitative estimate of drug-likeness (QED) is 0.364. The SMILES string of the molecule is Cc1cc(CCCc2sc(-c3ccc(C(F)(F)F)cc3)nc2C(C)C)ccc1OCC(=O)O. The van der Waals surface area contributed by atoms with Crippen molar-refractivity contribution in [3.05, 3.63) is 69.7 Å². The Balaban J connectivity index is 1.68. The average molecular weight is 478 g/mol. The van der Waals surface area contributed by atoms with Gasteiger partial charge in [-0.05, 0) is 61.4 Å². The van der Waals surface area contributed by atoms with E-state index in [0.717, 1.165) is 58.1 Å². The lowest BCUT2D eigenvalue weighted by atomic mass is 10.0. The summed E-state index contributed by atoms with van der Waals surface area (Å²) in [5.74, 6) is -0.237. The Morgan fingerprint density at radius 3 is 2.39 bits per heavy atom. The molecule has 3 aromatic rings. The number of alkyl halides is 3. The Hall–Kier alpha value is -2.87. The summed E-state index contributed by atoms with van der Waals surface area (Å²) < 4.78 is 43.8. The number of thiazole rings is 1. The number of hydrogen-bond acceptors (Lipinski definition) is 4. The highest BCUT2D eigenvalue weighted by molar-refractivity contribution is 7.15. The largest absolute Gasteiger partial charge is 0.482 e. The fourth-order valence-electron chi connectivity index (χ4n) is 3.54. The summed E-state index contributed by atoms with van der Waals surface area (Å²) in [5.41, 5.74) is 3.03. The van der Waals surface area contributed by atoms with Crippen LogP contribution in [-0.2, 0) is 23.8 Å². The molecule has 0 unspecified atom stereocenters. The zero-order valence-electron chi connectivity index (χ0n) is 18.7. The van der Waals surface area contributed by atoms with Crippen molar-refractivity contribution in [1.82, 2.24) is 4.98 Å². The summed E-state index contributed by atoms with van der Waals surface area (Å²) in [4.78, 5) is 16.6. The third kappa shape index (κ3) is 6.57. The normalized spacial score (nSPS) is 11.7. The first-order valence-electron chi connectivity index (χ1n) is 10.7. The van der Waals surface area contributed by atoms with Gasteiger partial charge in [-0.2, -0.15) is 13.2 Å². The van der Waals surface area contributed by atoms with Crippen LogP contribution in [0.4, 0.5) is 13.2 Å². The van der Waals surface area contributed by atoms with Gasteiger partial charge in [-0.25, -0.2) is 9.78 Å². The third-order valence-electron chi connectivity index (χ3n) is 5.19. The number of benzene rings is 2. The lowest BCUT2D eigenvalue weighted by Gasteiger charge is -2.09. The average Bonchev–Trinajstić information content (AvgIpc) is 3.17. The molecular formula is C25H26F3NO3S. The molecule has 1 N–H and O–H groups in total. The molecule has 8 heteroatoms. The first kappa shape index (κ1) is 24.8. The van der Waals surface area contributed by atoms with Crippen molar-refractivity contribution in [2.45, 2.75) is 52.1 Å². The fraction of sp³-hybridized carbons (Fsp3) is 0.360. The summed E-state index contributed by atoms with van der Waals surface area (Å²) in [7, 11) is 0. The highest BCUT2D eigenvalue weighted by atomic mass is 32.1. The molecule has 0 saturated heterocycles. The van der Waals surface area contributed by atoms with Crippen LogP contribution in [-0.4, -0.2) is 22.7 Å². The summed E-state index contributed by atoms with van der Waals surface area (Å²) in [6.07, 6.45) is -1.80. The molecule has 0 atom stereocenters. The first-order chi connectivity index (χ1) is 15.5. The van der Waals surface area contributed by atoms with Crippen LogP contribution in [0.3, 0.4) is 0 Å². The molecule has 0 fully saturated rings. The molecule has 1 aromatic heterocycles. The molecule has 0 saturated carbocycles. The minimum atomic E-state index is -4.35. The molecule has 2 aromatic carbocycles. The van der Waals surface area contributed by atoms with Crippen molar-refractivity contribution < 1.29 is 27.8 Å². The van der Waals surface area contributed by atoms with E-state index < -0.39 is 17.7 Å². The van der Waals surface area contributed by atoms with Gasteiger partial charge in [-0.3, -0.25) is 0 Å². The van der Waals surface area contributed by atoms with Gasteiger partial charge in [0.2, 0.25) is 0 Å². The smallest absolute Gasteiger partial charge is 0.416 e. The minimum Gasteiger partial charge on any atom is -0.482 e. The predicted molar refractivity (Wildman–Crippen MR) is 123 cm³/mol. The van der Waals surface area contributed by atoms with Gasteiger partial charge in [0.1, 0.15) is 10.8 Å². The number of carbonyl (C=O) groups is 1. The molecule has 33 heavy (non-hydrogen) atoms. The molecule has 0 aliphatic heterocycles. The molecule has 176 valence electrons. The Morgan fingerprint density at radius 1 is 1.12 bits per heavy atom. The number of aromatic nitrogens is 1. The maximum Gasteiger partial charge on any atom is 0.416 e. The fourth-order valence-corrected chi connectivity index (χ4v) is 4.80. The monoisotopic (exact) mass is 477 g/mol. The van der Waals surface area contributed by atoms with Crippen LogP contribution in [0, 0.1) is 6.92 Å². The van der Waals surface area contributed by atoms with E-state index in [1.807, 2.05) is 19.1 Å². The van der Waals surface area contributed by atoms with Crippen molar-refractivity contribution in [2.24, 2.45) is 0 Å². The van der Waals surface area contributed by atoms with Crippen LogP contribution in [0.5, 0.6) is 5.75 Å². The number of carboxylic acid groups (broad SMARTS) is 1. The zero-order valence-corrected chi connectivity index (χ0v) is 19.5. The predicted octanol–water partition coefficient (Wildman–Crippen LogP) is 6.90. The van der Waals surface area contributed by atoms with E-state index in [4.69, 9.17) is 14.8 Å². The molecule has 1 heterocycles. The van der Waals surface area contributed by atoms with Crippen molar-refractivity contribution in [2.75, 3.05) is 6.61 Å². The maximum atomic E-state index is 12.8. The van der Waals surface area contributed by atoms with Crippen molar-refractivity contribution in [3.63, 3.8) is 0 Å². The lowest BCUT2D eigenvalue weighted by molar-refractivity contribution is -0.139. The molecule has 0 aliphatic carbocycles. The van der Waals surface area contributed by atoms with E-state index in [-0.39, 0.29) is 12.5 Å². The summed E-state index contributed by atoms with van der Waals surface area (Å²) in [5, 5.41) is 9.48. The van der Waals surface area contributed by atoms with Crippen LogP contribution in [0.1, 0.15) is 53.4 Å². The van der Waals surface area contributed by atoms with Crippen LogP contribution in [0.2, 0.25) is 0 Å². The molecule has 0 radical (unpaired) electrons. The van der Waals surface area contributed by atoms with Gasteiger partial charge < -0.3 is 9.84 Å². The van der Waals surface area contributed by atoms with Crippen LogP contribution >= 0.6 is 11.3 Å². The lowest BCUT2D eigenvalue weighted by Crippen LogP contribution is -2.10. The number of rotatable bonds is 9. The Bertz CT molecular complexity index is 1110. The third-order valence-corrected chi connectivity index (χ3v) is 6.37. The highest BCUT2D eigenvalue weighted by Crippen LogP contribution is 2.35. The molecule has 0 aliphatic rings. The topological polar surface area (TPSA) is 59.4 Å². The maximum absolute atomic E-state index is 12.8. The summed E-state index contributed by atoms with van der Waals surface area (Å²) in [6, 6.07) is 10.9. The van der Waals surface area contributed by atoms with Crippen LogP contribution in [0.25, 0.3) is 10.6 Å². The second-order valence-corrected chi connectivity index (χ2v) is 9.28. The number of aliphatic carboxylic acids is 1. The van der Waals surface area contributed by atoms with Gasteiger partial charge in [0, 0.05) is 10.4 Å². The zero-order chi connectivity index (χ0) is 24.2. The van der Waals surface area contributed by atoms with E-state index in [1.165, 1.54) is 23.5 Å². The van der Waals surface area contributed by atoms with E-state index >= 15 is 0 Å².